The summed E-state index contributed by atoms with van der Waals surface area (Å²) in [6.07, 6.45) is 3.70. The fourth-order valence-electron chi connectivity index (χ4n) is 14.1. The number of hydrogen-bond donors (Lipinski definition) is 3. The van der Waals surface area contributed by atoms with Crippen LogP contribution in [0.4, 0.5) is 0 Å². The van der Waals surface area contributed by atoms with E-state index in [-0.39, 0.29) is 12.1 Å². The van der Waals surface area contributed by atoms with E-state index in [2.05, 4.69) is 113 Å². The average Bonchev–Trinajstić information content (AvgIpc) is 1.59. The Labute approximate surface area is 586 Å². The topological polar surface area (TPSA) is 183 Å². The van der Waals surface area contributed by atoms with Crippen molar-refractivity contribution in [2.24, 2.45) is 19.9 Å². The average molecular weight is 1400 g/mol. The number of allylic oxidation sites excluding steroid dienone is 2. The molecule has 5 aromatic heterocycles. The molecule has 16 bridgehead atoms. The highest BCUT2D eigenvalue weighted by Crippen LogP contribution is 2.45. The van der Waals surface area contributed by atoms with Crippen molar-refractivity contribution in [2.75, 3.05) is 33.2 Å². The largest absolute Gasteiger partial charge is 0.493 e. The Morgan fingerprint density at radius 2 is 1.25 bits per heavy atom. The highest BCUT2D eigenvalue weighted by molar-refractivity contribution is 7.99. The van der Waals surface area contributed by atoms with Gasteiger partial charge >= 0.3 is 11.9 Å². The van der Waals surface area contributed by atoms with Gasteiger partial charge in [-0.2, -0.15) is 27.1 Å². The second-order valence-corrected chi connectivity index (χ2v) is 30.0. The highest BCUT2D eigenvalue weighted by atomic mass is 35.5. The first-order valence-corrected chi connectivity index (χ1v) is 37.4. The van der Waals surface area contributed by atoms with Crippen molar-refractivity contribution in [3.63, 3.8) is 0 Å². The number of nitrogens with two attached hydrogens (primary N) is 1. The molecule has 16 nitrogen and oxygen atoms in total. The molecule has 1 unspecified atom stereocenters. The van der Waals surface area contributed by atoms with Gasteiger partial charge in [0.1, 0.15) is 22.9 Å². The van der Waals surface area contributed by atoms with Crippen molar-refractivity contribution < 1.29 is 28.5 Å². The molecule has 498 valence electrons. The van der Waals surface area contributed by atoms with E-state index < -0.39 is 11.9 Å². The Bertz CT molecular complexity index is 4850. The second-order valence-electron chi connectivity index (χ2n) is 25.0. The molecule has 0 amide bonds. The van der Waals surface area contributed by atoms with E-state index in [9.17, 15) is 9.59 Å². The van der Waals surface area contributed by atoms with E-state index >= 15 is 0 Å². The Balaban J connectivity index is 0.864. The summed E-state index contributed by atoms with van der Waals surface area (Å²) in [7, 11) is 6.68. The van der Waals surface area contributed by atoms with Crippen molar-refractivity contribution in [1.82, 2.24) is 44.3 Å². The van der Waals surface area contributed by atoms with Gasteiger partial charge in [-0.3, -0.25) is 20.3 Å². The summed E-state index contributed by atoms with van der Waals surface area (Å²) in [5.41, 5.74) is 18.8. The molecule has 7 heterocycles. The molecule has 0 saturated carbocycles. The first-order chi connectivity index (χ1) is 46.5. The zero-order valence-corrected chi connectivity index (χ0v) is 60.2. The number of nitrogens with one attached hydrogen (secondary N) is 2. The number of esters is 2. The quantitative estimate of drug-likeness (QED) is 0.0778. The lowest BCUT2D eigenvalue weighted by molar-refractivity contribution is 0.0580. The number of fused-ring (bicyclic) bond motifs is 14. The predicted molar refractivity (Wildman–Crippen MR) is 394 cm³/mol. The number of carbonyl (C=O) groups excluding carboxylic acids is 2. The van der Waals surface area contributed by atoms with Crippen molar-refractivity contribution in [3.05, 3.63) is 187 Å². The number of hydrogen-bond acceptors (Lipinski definition) is 15. The zero-order chi connectivity index (χ0) is 67.1. The minimum atomic E-state index is -0.420. The van der Waals surface area contributed by atoms with Crippen LogP contribution in [-0.4, -0.2) is 84.0 Å². The van der Waals surface area contributed by atoms with Gasteiger partial charge < -0.3 is 33.5 Å². The van der Waals surface area contributed by atoms with Crippen LogP contribution in [0.3, 0.4) is 0 Å². The summed E-state index contributed by atoms with van der Waals surface area (Å²) in [4.78, 5) is 29.8. The molecular weight excluding hydrogens is 1320 g/mol. The third kappa shape index (κ3) is 13.1. The van der Waals surface area contributed by atoms with Gasteiger partial charge in [-0.25, -0.2) is 9.59 Å². The van der Waals surface area contributed by atoms with Gasteiger partial charge in [0.05, 0.1) is 71.6 Å². The number of thioether (sulfide) groups is 4. The van der Waals surface area contributed by atoms with E-state index in [1.807, 2.05) is 79.2 Å². The lowest BCUT2D eigenvalue weighted by atomic mass is 9.97. The molecule has 13 rings (SSSR count). The lowest BCUT2D eigenvalue weighted by Gasteiger charge is -2.20. The van der Waals surface area contributed by atoms with Crippen LogP contribution in [0.25, 0.3) is 60.1 Å². The Hall–Kier alpha value is -7.43. The summed E-state index contributed by atoms with van der Waals surface area (Å²) in [5.74, 6) is 11.1. The van der Waals surface area contributed by atoms with Crippen LogP contribution in [0, 0.1) is 6.92 Å². The van der Waals surface area contributed by atoms with Gasteiger partial charge in [-0.05, 0) is 160 Å². The third-order valence-corrected chi connectivity index (χ3v) is 23.0. The van der Waals surface area contributed by atoms with Crippen molar-refractivity contribution in [1.29, 1.82) is 0 Å². The summed E-state index contributed by atoms with van der Waals surface area (Å²) < 4.78 is 33.1. The van der Waals surface area contributed by atoms with Crippen LogP contribution in [0.15, 0.2) is 119 Å². The SMILES string of the molecule is COC(=O)c1c2c3ccc(Cl)c(c3n1C)/C(=C(\C)NN)CCSCc1cc(n(C(C)C)n1)CSc1cc(c3c(CC(C)n4nc5cc4CSc4cc(c6ccccc6c4)OCCCc4c(C(=O)OC)n(C)c6c(c(Cl)ccc46)-c4c(n[nH]c4C)CSC5)cccc3c1)OCCC2. The predicted octanol–water partition coefficient (Wildman–Crippen LogP) is 17.5. The maximum atomic E-state index is 13.9. The van der Waals surface area contributed by atoms with E-state index in [0.29, 0.717) is 90.4 Å². The number of H-pyrrole nitrogens is 1. The van der Waals surface area contributed by atoms with Crippen LogP contribution in [0.5, 0.6) is 11.5 Å². The molecule has 22 heteroatoms. The van der Waals surface area contributed by atoms with Crippen molar-refractivity contribution >= 4 is 131 Å². The standard InChI is InChI=1S/C74H78Cl2N10O6S4/c1-41(2)85-50-32-48(81-85)36-93-28-25-54(43(4)78-77)67-60(75)23-21-58-56(71(73(87)89-8)83(6)69(58)67)20-14-27-92-64-35-53(95-38-50)31-47-17-12-16-46(66(47)64)29-42(3)86-51-33-49(82-86)37-94-40-62-65(44(5)79-80-62)68-61(76)24-22-59-57(72(74(88)90-9)84(7)70(59)68)19-13-26-91-63-34-52(96-39-51)30-45-15-10-11-18-55(45)63/h10-12,15-18,21-24,30-35,41-42,78H,13-14,19-20,25-29,36-40,77H2,1-9H3,(H,79,80)/b54-43+. The molecule has 2 aliphatic rings. The van der Waals surface area contributed by atoms with Crippen LogP contribution in [0.1, 0.15) is 136 Å². The molecule has 96 heavy (non-hydrogen) atoms. The minimum absolute atomic E-state index is 0.0813. The van der Waals surface area contributed by atoms with Crippen molar-refractivity contribution in [3.8, 4) is 22.6 Å². The zero-order valence-electron chi connectivity index (χ0n) is 55.4. The van der Waals surface area contributed by atoms with Gasteiger partial charge in [-0.1, -0.05) is 77.8 Å². The van der Waals surface area contributed by atoms with E-state index in [1.54, 1.807) is 35.3 Å². The van der Waals surface area contributed by atoms with Crippen molar-refractivity contribution in [2.45, 2.75) is 124 Å². The molecule has 0 aliphatic carbocycles. The summed E-state index contributed by atoms with van der Waals surface area (Å²) in [5, 5.41) is 26.1. The number of halogens is 2. The van der Waals surface area contributed by atoms with E-state index in [1.165, 1.54) is 14.2 Å². The lowest BCUT2D eigenvalue weighted by Crippen LogP contribution is -2.21. The molecule has 0 spiro atoms. The van der Waals surface area contributed by atoms with E-state index in [0.717, 1.165) is 161 Å². The Morgan fingerprint density at radius 3 is 1.91 bits per heavy atom. The fraction of sp³-hybridized carbons (Fsp3) is 0.338. The van der Waals surface area contributed by atoms with Crippen LogP contribution < -0.4 is 20.7 Å². The number of methoxy groups -OCH3 is 2. The second kappa shape index (κ2) is 28.9. The highest BCUT2D eigenvalue weighted by Gasteiger charge is 2.30. The Morgan fingerprint density at radius 1 is 0.667 bits per heavy atom. The summed E-state index contributed by atoms with van der Waals surface area (Å²) in [6, 6.07) is 36.3. The molecule has 6 aromatic carbocycles. The molecule has 0 fully saturated rings. The number of hydrazine groups is 1. The fourth-order valence-corrected chi connectivity index (χ4v) is 18.1. The minimum Gasteiger partial charge on any atom is -0.493 e. The van der Waals surface area contributed by atoms with E-state index in [4.69, 9.17) is 63.3 Å². The van der Waals surface area contributed by atoms with Crippen LogP contribution >= 0.6 is 70.2 Å². The number of aromatic nitrogens is 8. The summed E-state index contributed by atoms with van der Waals surface area (Å²) in [6.45, 7) is 11.4. The molecular formula is C74H78Cl2N10O6S4. The number of nitrogens with zero attached hydrogens (tertiary/aromatic N) is 7. The van der Waals surface area contributed by atoms with Gasteiger partial charge in [-0.15, -0.1) is 35.3 Å². The van der Waals surface area contributed by atoms with Gasteiger partial charge in [0, 0.05) is 120 Å². The number of ether oxygens (including phenoxy) is 4. The number of carbonyl (C=O) groups is 2. The normalized spacial score (nSPS) is 15.5. The first kappa shape index (κ1) is 67.2. The molecule has 0 saturated heterocycles. The molecule has 0 radical (unpaired) electrons. The monoisotopic (exact) mass is 1400 g/mol. The van der Waals surface area contributed by atoms with Gasteiger partial charge in [0.2, 0.25) is 0 Å². The maximum absolute atomic E-state index is 13.9. The molecule has 11 aromatic rings. The maximum Gasteiger partial charge on any atom is 0.354 e. The van der Waals surface area contributed by atoms with Crippen LogP contribution in [-0.2, 0) is 71.6 Å². The molecule has 1 atom stereocenters. The van der Waals surface area contributed by atoms with Gasteiger partial charge in [0.25, 0.3) is 0 Å². The smallest absolute Gasteiger partial charge is 0.354 e. The summed E-state index contributed by atoms with van der Waals surface area (Å²) >= 11 is 21.6. The Kier molecular flexibility index (Phi) is 20.2. The number of aryl methyl sites for hydroxylation is 5. The number of rotatable bonds is 7. The molecule has 2 aliphatic heterocycles. The molecule has 4 N–H and O–H groups in total. The first-order valence-electron chi connectivity index (χ1n) is 32.4. The van der Waals surface area contributed by atoms with Gasteiger partial charge in [0.15, 0.2) is 0 Å². The number of aromatic amines is 1. The third-order valence-electron chi connectivity index (χ3n) is 18.4. The van der Waals surface area contributed by atoms with Crippen LogP contribution in [0.2, 0.25) is 10.0 Å². The number of benzene rings is 6.